The lowest BCUT2D eigenvalue weighted by molar-refractivity contribution is 0.417. The number of ether oxygens (including phenoxy) is 2. The van der Waals surface area contributed by atoms with Gasteiger partial charge in [-0.2, -0.15) is 0 Å². The molecule has 0 aliphatic rings. The van der Waals surface area contributed by atoms with E-state index in [0.717, 1.165) is 5.69 Å². The van der Waals surface area contributed by atoms with E-state index in [4.69, 9.17) is 38.4 Å². The van der Waals surface area contributed by atoms with Crippen LogP contribution in [0.5, 0.6) is 17.2 Å². The van der Waals surface area contributed by atoms with Crippen molar-refractivity contribution in [2.24, 2.45) is 0 Å². The highest BCUT2D eigenvalue weighted by molar-refractivity contribution is 6.35. The standard InChI is InChI=1S/C19H16Cl2N2O2/c1-24-19-5-3-2-4-16(19)23-17-11-13(7-8-15(17)22)25-18-9-6-12(20)10-14(18)21/h2-11,23H,22H2,1H3. The summed E-state index contributed by atoms with van der Waals surface area (Å²) in [4.78, 5) is 0. The second-order valence-corrected chi connectivity index (χ2v) is 6.09. The van der Waals surface area contributed by atoms with Crippen molar-refractivity contribution >= 4 is 40.3 Å². The van der Waals surface area contributed by atoms with Crippen molar-refractivity contribution in [3.63, 3.8) is 0 Å². The number of halogens is 2. The molecular formula is C19H16Cl2N2O2. The second-order valence-electron chi connectivity index (χ2n) is 5.25. The fourth-order valence-corrected chi connectivity index (χ4v) is 2.73. The number of anilines is 3. The normalized spacial score (nSPS) is 10.4. The maximum Gasteiger partial charge on any atom is 0.146 e. The van der Waals surface area contributed by atoms with Gasteiger partial charge in [0.15, 0.2) is 0 Å². The molecular weight excluding hydrogens is 359 g/mol. The first-order valence-electron chi connectivity index (χ1n) is 7.49. The third-order valence-electron chi connectivity index (χ3n) is 3.52. The van der Waals surface area contributed by atoms with E-state index < -0.39 is 0 Å². The van der Waals surface area contributed by atoms with Gasteiger partial charge in [0.2, 0.25) is 0 Å². The predicted molar refractivity (Wildman–Crippen MR) is 104 cm³/mol. The van der Waals surface area contributed by atoms with Crippen LogP contribution in [0.25, 0.3) is 0 Å². The van der Waals surface area contributed by atoms with Gasteiger partial charge >= 0.3 is 0 Å². The number of hydrogen-bond donors (Lipinski definition) is 2. The molecule has 0 atom stereocenters. The second kappa shape index (κ2) is 7.55. The zero-order chi connectivity index (χ0) is 17.8. The average Bonchev–Trinajstić information content (AvgIpc) is 2.60. The van der Waals surface area contributed by atoms with Gasteiger partial charge in [-0.05, 0) is 42.5 Å². The molecule has 128 valence electrons. The van der Waals surface area contributed by atoms with E-state index in [1.807, 2.05) is 24.3 Å². The van der Waals surface area contributed by atoms with Gasteiger partial charge in [-0.1, -0.05) is 35.3 Å². The Bertz CT molecular complexity index is 900. The smallest absolute Gasteiger partial charge is 0.146 e. The Labute approximate surface area is 156 Å². The molecule has 0 unspecified atom stereocenters. The Hall–Kier alpha value is -2.56. The summed E-state index contributed by atoms with van der Waals surface area (Å²) in [5, 5.41) is 4.24. The van der Waals surface area contributed by atoms with Crippen molar-refractivity contribution in [2.75, 3.05) is 18.2 Å². The maximum atomic E-state index is 6.15. The number of benzene rings is 3. The number of hydrogen-bond acceptors (Lipinski definition) is 4. The first kappa shape index (κ1) is 17.3. The quantitative estimate of drug-likeness (QED) is 0.528. The number of nitrogen functional groups attached to an aromatic ring is 1. The van der Waals surface area contributed by atoms with E-state index in [1.54, 1.807) is 43.5 Å². The SMILES string of the molecule is COc1ccccc1Nc1cc(Oc2ccc(Cl)cc2Cl)ccc1N. The molecule has 25 heavy (non-hydrogen) atoms. The van der Waals surface area contributed by atoms with Gasteiger partial charge in [0.1, 0.15) is 17.2 Å². The van der Waals surface area contributed by atoms with E-state index >= 15 is 0 Å². The van der Waals surface area contributed by atoms with Crippen molar-refractivity contribution in [1.29, 1.82) is 0 Å². The lowest BCUT2D eigenvalue weighted by Crippen LogP contribution is -1.99. The molecule has 0 aromatic heterocycles. The molecule has 0 fully saturated rings. The van der Waals surface area contributed by atoms with Crippen LogP contribution in [0.15, 0.2) is 60.7 Å². The number of rotatable bonds is 5. The maximum absolute atomic E-state index is 6.15. The molecule has 0 spiro atoms. The van der Waals surface area contributed by atoms with E-state index in [1.165, 1.54) is 0 Å². The van der Waals surface area contributed by atoms with Crippen molar-refractivity contribution in [3.8, 4) is 17.2 Å². The molecule has 0 aliphatic heterocycles. The molecule has 0 amide bonds. The number of nitrogens with one attached hydrogen (secondary N) is 1. The first-order valence-corrected chi connectivity index (χ1v) is 8.25. The summed E-state index contributed by atoms with van der Waals surface area (Å²) >= 11 is 12.1. The molecule has 3 rings (SSSR count). The summed E-state index contributed by atoms with van der Waals surface area (Å²) < 4.78 is 11.2. The van der Waals surface area contributed by atoms with Crippen LogP contribution in [0.3, 0.4) is 0 Å². The molecule has 0 saturated heterocycles. The van der Waals surface area contributed by atoms with Gasteiger partial charge in [0.25, 0.3) is 0 Å². The summed E-state index contributed by atoms with van der Waals surface area (Å²) in [6.07, 6.45) is 0. The van der Waals surface area contributed by atoms with Gasteiger partial charge in [-0.3, -0.25) is 0 Å². The van der Waals surface area contributed by atoms with Crippen LogP contribution in [0, 0.1) is 0 Å². The van der Waals surface area contributed by atoms with Gasteiger partial charge in [-0.25, -0.2) is 0 Å². The molecule has 3 aromatic carbocycles. The van der Waals surface area contributed by atoms with Gasteiger partial charge in [0, 0.05) is 11.1 Å². The number of para-hydroxylation sites is 2. The molecule has 3 N–H and O–H groups in total. The minimum atomic E-state index is 0.434. The van der Waals surface area contributed by atoms with Crippen LogP contribution in [-0.2, 0) is 0 Å². The lowest BCUT2D eigenvalue weighted by atomic mass is 10.2. The predicted octanol–water partition coefficient (Wildman–Crippen LogP) is 6.12. The molecule has 0 saturated carbocycles. The Kier molecular flexibility index (Phi) is 5.22. The minimum Gasteiger partial charge on any atom is -0.495 e. The Balaban J connectivity index is 1.87. The Morgan fingerprint density at radius 1 is 0.880 bits per heavy atom. The van der Waals surface area contributed by atoms with Gasteiger partial charge < -0.3 is 20.5 Å². The third kappa shape index (κ3) is 4.10. The van der Waals surface area contributed by atoms with Crippen LogP contribution in [0.2, 0.25) is 10.0 Å². The number of nitrogens with two attached hydrogens (primary N) is 1. The summed E-state index contributed by atoms with van der Waals surface area (Å²) in [5.74, 6) is 1.82. The average molecular weight is 375 g/mol. The first-order chi connectivity index (χ1) is 12.1. The van der Waals surface area contributed by atoms with Crippen molar-refractivity contribution in [1.82, 2.24) is 0 Å². The van der Waals surface area contributed by atoms with Crippen LogP contribution >= 0.6 is 23.2 Å². The molecule has 4 nitrogen and oxygen atoms in total. The Morgan fingerprint density at radius 2 is 1.68 bits per heavy atom. The molecule has 6 heteroatoms. The third-order valence-corrected chi connectivity index (χ3v) is 4.05. The van der Waals surface area contributed by atoms with Crippen LogP contribution in [-0.4, -0.2) is 7.11 Å². The van der Waals surface area contributed by atoms with E-state index in [0.29, 0.717) is 38.7 Å². The summed E-state index contributed by atoms with van der Waals surface area (Å²) in [7, 11) is 1.62. The van der Waals surface area contributed by atoms with Crippen LogP contribution in [0.1, 0.15) is 0 Å². The van der Waals surface area contributed by atoms with E-state index in [2.05, 4.69) is 5.32 Å². The molecule has 0 heterocycles. The summed E-state index contributed by atoms with van der Waals surface area (Å²) in [6, 6.07) is 18.0. The largest absolute Gasteiger partial charge is 0.495 e. The lowest BCUT2D eigenvalue weighted by Gasteiger charge is -2.14. The monoisotopic (exact) mass is 374 g/mol. The summed E-state index contributed by atoms with van der Waals surface area (Å²) in [5.41, 5.74) is 8.16. The summed E-state index contributed by atoms with van der Waals surface area (Å²) in [6.45, 7) is 0. The van der Waals surface area contributed by atoms with Crippen LogP contribution < -0.4 is 20.5 Å². The van der Waals surface area contributed by atoms with E-state index in [-0.39, 0.29) is 0 Å². The molecule has 3 aromatic rings. The highest BCUT2D eigenvalue weighted by Crippen LogP contribution is 2.36. The molecule has 0 radical (unpaired) electrons. The highest BCUT2D eigenvalue weighted by Gasteiger charge is 2.09. The zero-order valence-corrected chi connectivity index (χ0v) is 14.9. The van der Waals surface area contributed by atoms with Crippen molar-refractivity contribution in [3.05, 3.63) is 70.7 Å². The fraction of sp³-hybridized carbons (Fsp3) is 0.0526. The molecule has 0 aliphatic carbocycles. The Morgan fingerprint density at radius 3 is 2.44 bits per heavy atom. The highest BCUT2D eigenvalue weighted by atomic mass is 35.5. The van der Waals surface area contributed by atoms with E-state index in [9.17, 15) is 0 Å². The van der Waals surface area contributed by atoms with Gasteiger partial charge in [0.05, 0.1) is 29.2 Å². The number of methoxy groups -OCH3 is 1. The molecule has 0 bridgehead atoms. The zero-order valence-electron chi connectivity index (χ0n) is 13.4. The van der Waals surface area contributed by atoms with Crippen molar-refractivity contribution < 1.29 is 9.47 Å². The van der Waals surface area contributed by atoms with Gasteiger partial charge in [-0.15, -0.1) is 0 Å². The van der Waals surface area contributed by atoms with Crippen LogP contribution in [0.4, 0.5) is 17.1 Å². The topological polar surface area (TPSA) is 56.5 Å². The fourth-order valence-electron chi connectivity index (χ4n) is 2.29. The minimum absolute atomic E-state index is 0.434. The van der Waals surface area contributed by atoms with Crippen molar-refractivity contribution in [2.45, 2.75) is 0 Å².